The number of carbonyl (C=O) groups is 4. The molecule has 3 heterocycles. The molecule has 0 unspecified atom stereocenters. The predicted octanol–water partition coefficient (Wildman–Crippen LogP) is 7.91. The number of fused-ring (bicyclic) bond motifs is 1. The van der Waals surface area contributed by atoms with Crippen LogP contribution < -0.4 is 32.7 Å². The Morgan fingerprint density at radius 3 is 1.57 bits per heavy atom. The number of anilines is 6. The van der Waals surface area contributed by atoms with Crippen molar-refractivity contribution in [2.24, 2.45) is 7.05 Å². The molecule has 0 saturated heterocycles. The molecule has 15 nitrogen and oxygen atoms in total. The average molecular weight is 850 g/mol. The lowest BCUT2D eigenvalue weighted by Crippen LogP contribution is -2.17. The lowest BCUT2D eigenvalue weighted by atomic mass is 10.1. The van der Waals surface area contributed by atoms with E-state index in [1.54, 1.807) is 31.2 Å². The molecular formula is C42H35ClF3N11O4. The third kappa shape index (κ3) is 10.4. The Balaban J connectivity index is 0.000000204. The Bertz CT molecular complexity index is 2800. The van der Waals surface area contributed by atoms with Crippen molar-refractivity contribution in [3.05, 3.63) is 154 Å². The minimum absolute atomic E-state index is 0.0507. The Labute approximate surface area is 350 Å². The van der Waals surface area contributed by atoms with E-state index in [2.05, 4.69) is 41.2 Å². The highest BCUT2D eigenvalue weighted by atomic mass is 35.5. The fourth-order valence-corrected chi connectivity index (χ4v) is 6.10. The summed E-state index contributed by atoms with van der Waals surface area (Å²) >= 11 is 5.58. The van der Waals surface area contributed by atoms with Gasteiger partial charge in [-0.15, -0.1) is 0 Å². The predicted molar refractivity (Wildman–Crippen MR) is 226 cm³/mol. The third-order valence-corrected chi connectivity index (χ3v) is 9.39. The van der Waals surface area contributed by atoms with E-state index in [1.165, 1.54) is 43.0 Å². The van der Waals surface area contributed by atoms with Gasteiger partial charge in [-0.3, -0.25) is 19.2 Å². The van der Waals surface area contributed by atoms with Crippen molar-refractivity contribution >= 4 is 80.8 Å². The van der Waals surface area contributed by atoms with Gasteiger partial charge >= 0.3 is 6.18 Å². The minimum atomic E-state index is -4.70. The molecular weight excluding hydrogens is 815 g/mol. The van der Waals surface area contributed by atoms with Crippen LogP contribution in [-0.4, -0.2) is 48.1 Å². The standard InChI is InChI=1S/C22H20N6O2.C20H15ClF3N5O2/c1-13-7-8-15(10-17(13)20(29)27-16-11-24-22(23)25-12-16)26-21(30)19-9-14-5-3-4-6-18(14)28(19)2;1-10-2-4-12(7-14(10)18(31)29-13-8-26-19(25)27-9-13)28-17(30)11-3-5-16(21)15(6-11)20(22,23)24/h3-12H,1-2H3,(H,26,30)(H,27,29)(H2,23,24,25);2-9H,1H3,(H,28,30)(H,29,31)(H2,25,26,27). The number of nitrogens with one attached hydrogen (secondary N) is 4. The average Bonchev–Trinajstić information content (AvgIpc) is 3.57. The lowest BCUT2D eigenvalue weighted by molar-refractivity contribution is -0.137. The number of alkyl halides is 3. The van der Waals surface area contributed by atoms with Crippen LogP contribution in [0.15, 0.2) is 110 Å². The van der Waals surface area contributed by atoms with Gasteiger partial charge in [0.25, 0.3) is 23.6 Å². The summed E-state index contributed by atoms with van der Waals surface area (Å²) in [5, 5.41) is 11.2. The molecule has 0 saturated carbocycles. The van der Waals surface area contributed by atoms with Gasteiger partial charge in [-0.25, -0.2) is 19.9 Å². The monoisotopic (exact) mass is 849 g/mol. The summed E-state index contributed by atoms with van der Waals surface area (Å²) in [7, 11) is 1.85. The van der Waals surface area contributed by atoms with Gasteiger partial charge in [0, 0.05) is 46.0 Å². The van der Waals surface area contributed by atoms with Crippen LogP contribution in [0.2, 0.25) is 5.02 Å². The molecule has 8 N–H and O–H groups in total. The van der Waals surface area contributed by atoms with Crippen LogP contribution in [0.1, 0.15) is 58.3 Å². The van der Waals surface area contributed by atoms with Crippen LogP contribution in [0, 0.1) is 13.8 Å². The second-order valence-electron chi connectivity index (χ2n) is 13.4. The molecule has 0 atom stereocenters. The Hall–Kier alpha value is -7.86. The van der Waals surface area contributed by atoms with Gasteiger partial charge in [-0.1, -0.05) is 41.9 Å². The molecule has 19 heteroatoms. The van der Waals surface area contributed by atoms with Gasteiger partial charge in [-0.05, 0) is 79.6 Å². The fraction of sp³-hybridized carbons (Fsp3) is 0.0952. The molecule has 0 aliphatic rings. The van der Waals surface area contributed by atoms with Crippen molar-refractivity contribution < 1.29 is 32.3 Å². The molecule has 0 fully saturated rings. The normalized spacial score (nSPS) is 10.9. The zero-order chi connectivity index (χ0) is 44.0. The molecule has 7 rings (SSSR count). The molecule has 0 aliphatic carbocycles. The highest BCUT2D eigenvalue weighted by Crippen LogP contribution is 2.35. The van der Waals surface area contributed by atoms with Gasteiger partial charge in [-0.2, -0.15) is 13.2 Å². The van der Waals surface area contributed by atoms with Crippen LogP contribution >= 0.6 is 11.6 Å². The first-order valence-corrected chi connectivity index (χ1v) is 18.4. The van der Waals surface area contributed by atoms with E-state index in [1.807, 2.05) is 48.9 Å². The van der Waals surface area contributed by atoms with Crippen LogP contribution in [0.3, 0.4) is 0 Å². The third-order valence-electron chi connectivity index (χ3n) is 9.06. The molecule has 0 bridgehead atoms. The highest BCUT2D eigenvalue weighted by Gasteiger charge is 2.34. The van der Waals surface area contributed by atoms with E-state index in [0.29, 0.717) is 39.9 Å². The number of para-hydroxylation sites is 1. The molecule has 4 amide bonds. The van der Waals surface area contributed by atoms with Crippen molar-refractivity contribution in [3.8, 4) is 0 Å². The van der Waals surface area contributed by atoms with Gasteiger partial charge in [0.05, 0.1) is 46.7 Å². The van der Waals surface area contributed by atoms with E-state index in [-0.39, 0.29) is 40.5 Å². The second-order valence-corrected chi connectivity index (χ2v) is 13.8. The smallest absolute Gasteiger partial charge is 0.368 e. The number of carbonyl (C=O) groups excluding carboxylic acids is 4. The van der Waals surface area contributed by atoms with E-state index < -0.39 is 28.6 Å². The first kappa shape index (κ1) is 42.7. The molecule has 3 aromatic heterocycles. The lowest BCUT2D eigenvalue weighted by Gasteiger charge is -2.13. The number of benzene rings is 4. The number of nitrogen functional groups attached to an aromatic ring is 2. The molecule has 4 aromatic carbocycles. The van der Waals surface area contributed by atoms with E-state index >= 15 is 0 Å². The number of hydrogen-bond acceptors (Lipinski definition) is 10. The Kier molecular flexibility index (Phi) is 12.6. The van der Waals surface area contributed by atoms with Crippen LogP contribution in [-0.2, 0) is 13.2 Å². The molecule has 0 spiro atoms. The number of halogens is 4. The SMILES string of the molecule is Cc1ccc(NC(=O)c2cc3ccccc3n2C)cc1C(=O)Nc1cnc(N)nc1.Cc1ccc(NC(=O)c2ccc(Cl)c(C(F)(F)F)c2)cc1C(=O)Nc1cnc(N)nc1. The van der Waals surface area contributed by atoms with Crippen molar-refractivity contribution in [2.45, 2.75) is 20.0 Å². The maximum atomic E-state index is 13.0. The van der Waals surface area contributed by atoms with Crippen LogP contribution in [0.5, 0.6) is 0 Å². The summed E-state index contributed by atoms with van der Waals surface area (Å²) in [6, 6.07) is 22.2. The largest absolute Gasteiger partial charge is 0.417 e. The van der Waals surface area contributed by atoms with E-state index in [9.17, 15) is 32.3 Å². The number of nitrogens with two attached hydrogens (primary N) is 2. The van der Waals surface area contributed by atoms with E-state index in [0.717, 1.165) is 22.5 Å². The summed E-state index contributed by atoms with van der Waals surface area (Å²) in [6.45, 7) is 3.51. The molecule has 0 aliphatic heterocycles. The summed E-state index contributed by atoms with van der Waals surface area (Å²) in [5.41, 5.74) is 14.6. The van der Waals surface area contributed by atoms with Gasteiger partial charge in [0.1, 0.15) is 5.69 Å². The number of rotatable bonds is 8. The van der Waals surface area contributed by atoms with E-state index in [4.69, 9.17) is 23.1 Å². The number of aryl methyl sites for hydroxylation is 3. The highest BCUT2D eigenvalue weighted by molar-refractivity contribution is 6.31. The Morgan fingerprint density at radius 2 is 1.08 bits per heavy atom. The minimum Gasteiger partial charge on any atom is -0.368 e. The van der Waals surface area contributed by atoms with Crippen molar-refractivity contribution in [1.82, 2.24) is 24.5 Å². The summed E-state index contributed by atoms with van der Waals surface area (Å²) in [6.07, 6.45) is 0.830. The van der Waals surface area contributed by atoms with Crippen molar-refractivity contribution in [1.29, 1.82) is 0 Å². The quantitative estimate of drug-likeness (QED) is 0.0866. The maximum Gasteiger partial charge on any atom is 0.417 e. The number of amides is 4. The number of hydrogen-bond donors (Lipinski definition) is 6. The first-order valence-electron chi connectivity index (χ1n) is 18.0. The topological polar surface area (TPSA) is 225 Å². The summed E-state index contributed by atoms with van der Waals surface area (Å²) in [4.78, 5) is 65.8. The van der Waals surface area contributed by atoms with Crippen LogP contribution in [0.4, 0.5) is 47.8 Å². The van der Waals surface area contributed by atoms with Crippen molar-refractivity contribution in [3.63, 3.8) is 0 Å². The van der Waals surface area contributed by atoms with Gasteiger partial charge in [0.15, 0.2) is 0 Å². The molecule has 310 valence electrons. The summed E-state index contributed by atoms with van der Waals surface area (Å²) in [5.74, 6) is -1.69. The fourth-order valence-electron chi connectivity index (χ4n) is 5.88. The van der Waals surface area contributed by atoms with Gasteiger partial charge < -0.3 is 37.3 Å². The molecule has 61 heavy (non-hydrogen) atoms. The zero-order valence-corrected chi connectivity index (χ0v) is 33.2. The van der Waals surface area contributed by atoms with Crippen LogP contribution in [0.25, 0.3) is 10.9 Å². The molecule has 0 radical (unpaired) electrons. The van der Waals surface area contributed by atoms with Crippen molar-refractivity contribution in [2.75, 3.05) is 32.7 Å². The maximum absolute atomic E-state index is 13.0. The molecule has 7 aromatic rings. The van der Waals surface area contributed by atoms with Gasteiger partial charge in [0.2, 0.25) is 11.9 Å². The number of nitrogens with zero attached hydrogens (tertiary/aromatic N) is 5. The number of aromatic nitrogens is 5. The second kappa shape index (κ2) is 18.0. The zero-order valence-electron chi connectivity index (χ0n) is 32.4. The first-order chi connectivity index (χ1) is 29.0. The Morgan fingerprint density at radius 1 is 0.607 bits per heavy atom. The summed E-state index contributed by atoms with van der Waals surface area (Å²) < 4.78 is 40.9.